The second-order valence-corrected chi connectivity index (χ2v) is 5.74. The van der Waals surface area contributed by atoms with Gasteiger partial charge in [-0.3, -0.25) is 0 Å². The molecule has 2 aromatic heterocycles. The molecule has 2 heterocycles. The summed E-state index contributed by atoms with van der Waals surface area (Å²) in [6.07, 6.45) is 5.73. The van der Waals surface area contributed by atoms with Gasteiger partial charge in [-0.1, -0.05) is 18.5 Å². The van der Waals surface area contributed by atoms with Crippen molar-refractivity contribution < 1.29 is 9.26 Å². The topological polar surface area (TPSA) is 87.7 Å². The molecule has 0 amide bonds. The lowest BCUT2D eigenvalue weighted by molar-refractivity contribution is -0.0658. The number of ether oxygens (including phenoxy) is 1. The summed E-state index contributed by atoms with van der Waals surface area (Å²) in [5.41, 5.74) is 0.738. The molecule has 3 rings (SSSR count). The molecule has 0 spiro atoms. The number of nitriles is 1. The van der Waals surface area contributed by atoms with Crippen LogP contribution in [0.4, 0.5) is 0 Å². The molecule has 6 nitrogen and oxygen atoms in total. The minimum absolute atomic E-state index is 0.390. The molecule has 0 radical (unpaired) electrons. The van der Waals surface area contributed by atoms with Gasteiger partial charge in [0, 0.05) is 13.3 Å². The first-order valence-corrected chi connectivity index (χ1v) is 7.15. The van der Waals surface area contributed by atoms with Gasteiger partial charge in [0.05, 0.1) is 5.56 Å². The summed E-state index contributed by atoms with van der Waals surface area (Å²) >= 11 is 0. The van der Waals surface area contributed by atoms with Gasteiger partial charge < -0.3 is 14.2 Å². The first kappa shape index (κ1) is 13.8. The molecule has 1 aliphatic rings. The van der Waals surface area contributed by atoms with Crippen LogP contribution in [0.15, 0.2) is 16.8 Å². The maximum Gasteiger partial charge on any atom is 0.274 e. The normalized spacial score (nSPS) is 25.7. The van der Waals surface area contributed by atoms with Crippen molar-refractivity contribution in [2.45, 2.75) is 38.2 Å². The van der Waals surface area contributed by atoms with Crippen molar-refractivity contribution in [2.24, 2.45) is 5.92 Å². The van der Waals surface area contributed by atoms with Crippen molar-refractivity contribution in [3.8, 4) is 17.7 Å². The monoisotopic (exact) mass is 286 g/mol. The van der Waals surface area contributed by atoms with E-state index in [0.29, 0.717) is 28.9 Å². The highest BCUT2D eigenvalue weighted by Crippen LogP contribution is 2.41. The maximum atomic E-state index is 8.86. The van der Waals surface area contributed by atoms with Crippen LogP contribution in [0.3, 0.4) is 0 Å². The van der Waals surface area contributed by atoms with Crippen LogP contribution in [0.5, 0.6) is 0 Å². The van der Waals surface area contributed by atoms with E-state index in [2.05, 4.69) is 28.1 Å². The van der Waals surface area contributed by atoms with Gasteiger partial charge >= 0.3 is 0 Å². The van der Waals surface area contributed by atoms with E-state index >= 15 is 0 Å². The lowest BCUT2D eigenvalue weighted by Gasteiger charge is -2.36. The molecular formula is C15H18N4O2. The molecule has 0 aliphatic heterocycles. The first-order chi connectivity index (χ1) is 10.2. The predicted molar refractivity (Wildman–Crippen MR) is 75.1 cm³/mol. The lowest BCUT2D eigenvalue weighted by Crippen LogP contribution is -2.35. The number of hydrogen-bond acceptors (Lipinski definition) is 5. The Kier molecular flexibility index (Phi) is 3.52. The van der Waals surface area contributed by atoms with E-state index in [1.807, 2.05) is 0 Å². The second-order valence-electron chi connectivity index (χ2n) is 5.74. The quantitative estimate of drug-likeness (QED) is 0.937. The van der Waals surface area contributed by atoms with Gasteiger partial charge in [-0.25, -0.2) is 0 Å². The summed E-state index contributed by atoms with van der Waals surface area (Å²) in [7, 11) is 1.70. The Morgan fingerprint density at radius 2 is 2.43 bits per heavy atom. The molecule has 2 unspecified atom stereocenters. The molecular weight excluding hydrogens is 268 g/mol. The molecule has 2 aromatic rings. The highest BCUT2D eigenvalue weighted by Gasteiger charge is 2.41. The number of rotatable bonds is 3. The van der Waals surface area contributed by atoms with E-state index in [1.54, 1.807) is 19.4 Å². The fourth-order valence-electron chi connectivity index (χ4n) is 3.08. The fraction of sp³-hybridized carbons (Fsp3) is 0.533. The van der Waals surface area contributed by atoms with E-state index < -0.39 is 5.60 Å². The molecule has 2 atom stereocenters. The zero-order valence-corrected chi connectivity index (χ0v) is 12.2. The van der Waals surface area contributed by atoms with E-state index in [9.17, 15) is 0 Å². The van der Waals surface area contributed by atoms with Crippen molar-refractivity contribution in [1.29, 1.82) is 5.26 Å². The van der Waals surface area contributed by atoms with Crippen molar-refractivity contribution in [1.82, 2.24) is 15.1 Å². The number of nitrogens with zero attached hydrogens (tertiary/aromatic N) is 3. The van der Waals surface area contributed by atoms with Crippen LogP contribution in [-0.4, -0.2) is 22.2 Å². The van der Waals surface area contributed by atoms with Gasteiger partial charge in [-0.05, 0) is 31.2 Å². The Labute approximate surface area is 123 Å². The third kappa shape index (κ3) is 2.45. The summed E-state index contributed by atoms with van der Waals surface area (Å²) in [4.78, 5) is 7.45. The van der Waals surface area contributed by atoms with Crippen molar-refractivity contribution in [2.75, 3.05) is 7.11 Å². The van der Waals surface area contributed by atoms with E-state index in [0.717, 1.165) is 19.3 Å². The molecule has 6 heteroatoms. The molecule has 110 valence electrons. The fourth-order valence-corrected chi connectivity index (χ4v) is 3.08. The van der Waals surface area contributed by atoms with Crippen molar-refractivity contribution >= 4 is 0 Å². The number of aromatic amines is 1. The zero-order valence-electron chi connectivity index (χ0n) is 12.2. The molecule has 0 aromatic carbocycles. The van der Waals surface area contributed by atoms with Gasteiger partial charge in [-0.15, -0.1) is 0 Å². The smallest absolute Gasteiger partial charge is 0.274 e. The standard InChI is InChI=1S/C15H18N4O2/c1-10-4-3-5-15(7-10,20-2)14-18-13(21-19-14)12-6-11(8-16)9-17-12/h6,9-10,17H,3-5,7H2,1-2H3. The van der Waals surface area contributed by atoms with Crippen LogP contribution >= 0.6 is 0 Å². The lowest BCUT2D eigenvalue weighted by atomic mass is 9.78. The van der Waals surface area contributed by atoms with E-state index in [4.69, 9.17) is 14.5 Å². The Balaban J connectivity index is 1.91. The maximum absolute atomic E-state index is 8.86. The molecule has 0 bridgehead atoms. The molecule has 1 saturated carbocycles. The number of methoxy groups -OCH3 is 1. The Morgan fingerprint density at radius 3 is 3.10 bits per heavy atom. The minimum Gasteiger partial charge on any atom is -0.370 e. The van der Waals surface area contributed by atoms with Crippen LogP contribution in [0.2, 0.25) is 0 Å². The van der Waals surface area contributed by atoms with Crippen LogP contribution in [-0.2, 0) is 10.3 Å². The number of H-pyrrole nitrogens is 1. The van der Waals surface area contributed by atoms with Crippen LogP contribution in [0.25, 0.3) is 11.6 Å². The van der Waals surface area contributed by atoms with Crippen LogP contribution in [0.1, 0.15) is 44.0 Å². The highest BCUT2D eigenvalue weighted by atomic mass is 16.5. The average Bonchev–Trinajstić information content (AvgIpc) is 3.16. The van der Waals surface area contributed by atoms with Crippen molar-refractivity contribution in [3.05, 3.63) is 23.7 Å². The zero-order chi connectivity index (χ0) is 14.9. The first-order valence-electron chi connectivity index (χ1n) is 7.15. The minimum atomic E-state index is -0.454. The van der Waals surface area contributed by atoms with Gasteiger partial charge in [0.15, 0.2) is 0 Å². The molecule has 1 fully saturated rings. The number of aromatic nitrogens is 3. The number of hydrogen-bond donors (Lipinski definition) is 1. The van der Waals surface area contributed by atoms with Gasteiger partial charge in [0.25, 0.3) is 5.89 Å². The molecule has 21 heavy (non-hydrogen) atoms. The highest BCUT2D eigenvalue weighted by molar-refractivity contribution is 5.51. The van der Waals surface area contributed by atoms with E-state index in [-0.39, 0.29) is 0 Å². The van der Waals surface area contributed by atoms with Crippen LogP contribution < -0.4 is 0 Å². The summed E-state index contributed by atoms with van der Waals surface area (Å²) < 4.78 is 11.1. The molecule has 1 aliphatic carbocycles. The van der Waals surface area contributed by atoms with E-state index in [1.165, 1.54) is 6.42 Å². The molecule has 1 N–H and O–H groups in total. The third-order valence-electron chi connectivity index (χ3n) is 4.22. The summed E-state index contributed by atoms with van der Waals surface area (Å²) in [6.45, 7) is 2.22. The average molecular weight is 286 g/mol. The SMILES string of the molecule is COC1(c2noc(-c3cc(C#N)c[nH]3)n2)CCCC(C)C1. The summed E-state index contributed by atoms with van der Waals surface area (Å²) in [5.74, 6) is 1.57. The third-order valence-corrected chi connectivity index (χ3v) is 4.22. The largest absolute Gasteiger partial charge is 0.370 e. The van der Waals surface area contributed by atoms with Crippen LogP contribution in [0, 0.1) is 17.2 Å². The number of nitrogens with one attached hydrogen (secondary N) is 1. The Morgan fingerprint density at radius 1 is 1.57 bits per heavy atom. The van der Waals surface area contributed by atoms with Gasteiger partial charge in [-0.2, -0.15) is 10.2 Å². The Hall–Kier alpha value is -2.13. The summed E-state index contributed by atoms with van der Waals surface area (Å²) in [6, 6.07) is 3.76. The van der Waals surface area contributed by atoms with Gasteiger partial charge in [0.1, 0.15) is 17.4 Å². The van der Waals surface area contributed by atoms with Gasteiger partial charge in [0.2, 0.25) is 5.82 Å². The van der Waals surface area contributed by atoms with Crippen molar-refractivity contribution in [3.63, 3.8) is 0 Å². The predicted octanol–water partition coefficient (Wildman–Crippen LogP) is 2.99. The second kappa shape index (κ2) is 5.34. The Bertz CT molecular complexity index is 669. The molecule has 0 saturated heterocycles. The summed E-state index contributed by atoms with van der Waals surface area (Å²) in [5, 5.41) is 13.0.